The Labute approximate surface area is 160 Å². The van der Waals surface area contributed by atoms with Crippen LogP contribution >= 0.6 is 23.1 Å². The molecule has 0 fully saturated rings. The van der Waals surface area contributed by atoms with Gasteiger partial charge in [0.15, 0.2) is 0 Å². The molecule has 0 spiro atoms. The van der Waals surface area contributed by atoms with E-state index in [-0.39, 0.29) is 12.3 Å². The molecule has 1 N–H and O–H groups in total. The second-order valence-corrected chi connectivity index (χ2v) is 6.67. The topological polar surface area (TPSA) is 75.0 Å². The Balaban J connectivity index is 1.59. The highest BCUT2D eigenvalue weighted by Crippen LogP contribution is 2.29. The molecule has 2 aromatic carbocycles. The average molecular weight is 384 g/mol. The fourth-order valence-corrected chi connectivity index (χ4v) is 3.15. The number of nitrogens with zero attached hydrogens (tertiary/aromatic N) is 2. The molecule has 0 unspecified atom stereocenters. The van der Waals surface area contributed by atoms with Gasteiger partial charge in [-0.25, -0.2) is 0 Å². The summed E-state index contributed by atoms with van der Waals surface area (Å²) in [6.07, 6.45) is 0.227. The molecular weight excluding hydrogens is 370 g/mol. The molecule has 0 aliphatic heterocycles. The van der Waals surface area contributed by atoms with Gasteiger partial charge in [-0.2, -0.15) is 9.64 Å². The molecule has 0 bridgehead atoms. The van der Waals surface area contributed by atoms with Gasteiger partial charge in [0.2, 0.25) is 5.91 Å². The number of ether oxygens (including phenoxy) is 1. The minimum Gasteiger partial charge on any atom is -0.457 e. The summed E-state index contributed by atoms with van der Waals surface area (Å²) in [5, 5.41) is 12.6. The number of aromatic nitrogens is 1. The van der Waals surface area contributed by atoms with Gasteiger partial charge in [0.05, 0.1) is 28.8 Å². The highest BCUT2D eigenvalue weighted by atomic mass is 35.5. The van der Waals surface area contributed by atoms with Gasteiger partial charge in [0.25, 0.3) is 0 Å². The van der Waals surface area contributed by atoms with Crippen molar-refractivity contribution in [3.8, 4) is 17.6 Å². The number of amides is 1. The second kappa shape index (κ2) is 8.00. The molecule has 0 aliphatic rings. The number of hydrogen-bond acceptors (Lipinski definition) is 5. The van der Waals surface area contributed by atoms with Crippen LogP contribution < -0.4 is 10.1 Å². The lowest BCUT2D eigenvalue weighted by Gasteiger charge is -2.07. The van der Waals surface area contributed by atoms with Gasteiger partial charge in [-0.15, -0.1) is 0 Å². The first-order chi connectivity index (χ1) is 12.5. The van der Waals surface area contributed by atoms with Crippen LogP contribution in [0.5, 0.6) is 11.5 Å². The standard InChI is InChI=1S/C19H14ClN3O2S/c1-12-18(20)19(26-23-12)22-17(24)10-13-2-6-15(7-3-13)25-16-8-4-14(11-21)5-9-16/h2-9H,10H2,1H3,(H,22,24). The number of rotatable bonds is 5. The largest absolute Gasteiger partial charge is 0.457 e. The van der Waals surface area contributed by atoms with Gasteiger partial charge in [-0.05, 0) is 60.4 Å². The zero-order valence-corrected chi connectivity index (χ0v) is 15.4. The number of halogens is 1. The molecule has 1 amide bonds. The van der Waals surface area contributed by atoms with E-state index in [2.05, 4.69) is 15.8 Å². The van der Waals surface area contributed by atoms with E-state index in [1.165, 1.54) is 11.5 Å². The molecule has 0 radical (unpaired) electrons. The summed E-state index contributed by atoms with van der Waals surface area (Å²) in [6.45, 7) is 1.79. The van der Waals surface area contributed by atoms with Crippen molar-refractivity contribution in [2.24, 2.45) is 0 Å². The minimum absolute atomic E-state index is 0.156. The van der Waals surface area contributed by atoms with Gasteiger partial charge in [0, 0.05) is 0 Å². The van der Waals surface area contributed by atoms with Gasteiger partial charge in [-0.3, -0.25) is 4.79 Å². The molecule has 1 heterocycles. The van der Waals surface area contributed by atoms with Crippen LogP contribution in [0.3, 0.4) is 0 Å². The van der Waals surface area contributed by atoms with Crippen molar-refractivity contribution in [3.63, 3.8) is 0 Å². The van der Waals surface area contributed by atoms with Crippen molar-refractivity contribution in [3.05, 3.63) is 70.4 Å². The molecule has 3 aromatic rings. The van der Waals surface area contributed by atoms with E-state index in [1.807, 2.05) is 12.1 Å². The molecule has 5 nitrogen and oxygen atoms in total. The normalized spacial score (nSPS) is 10.2. The summed E-state index contributed by atoms with van der Waals surface area (Å²) < 4.78 is 9.82. The lowest BCUT2D eigenvalue weighted by Crippen LogP contribution is -2.13. The monoisotopic (exact) mass is 383 g/mol. The molecule has 0 atom stereocenters. The van der Waals surface area contributed by atoms with Crippen molar-refractivity contribution >= 4 is 34.0 Å². The number of nitriles is 1. The van der Waals surface area contributed by atoms with Crippen LogP contribution in [0, 0.1) is 18.3 Å². The summed E-state index contributed by atoms with van der Waals surface area (Å²) in [7, 11) is 0. The van der Waals surface area contributed by atoms with E-state index < -0.39 is 0 Å². The quantitative estimate of drug-likeness (QED) is 0.676. The third kappa shape index (κ3) is 4.39. The number of anilines is 1. The van der Waals surface area contributed by atoms with Crippen LogP contribution in [0.2, 0.25) is 5.02 Å². The van der Waals surface area contributed by atoms with Gasteiger partial charge >= 0.3 is 0 Å². The predicted octanol–water partition coefficient (Wildman–Crippen LogP) is 4.95. The smallest absolute Gasteiger partial charge is 0.229 e. The van der Waals surface area contributed by atoms with Crippen LogP contribution in [0.15, 0.2) is 48.5 Å². The van der Waals surface area contributed by atoms with E-state index >= 15 is 0 Å². The molecule has 7 heteroatoms. The van der Waals surface area contributed by atoms with Crippen molar-refractivity contribution in [1.82, 2.24) is 4.37 Å². The van der Waals surface area contributed by atoms with E-state index in [9.17, 15) is 4.79 Å². The number of aryl methyl sites for hydroxylation is 1. The molecule has 130 valence electrons. The Hall–Kier alpha value is -2.88. The Morgan fingerprint density at radius 3 is 2.35 bits per heavy atom. The summed E-state index contributed by atoms with van der Waals surface area (Å²) in [4.78, 5) is 12.1. The maximum Gasteiger partial charge on any atom is 0.229 e. The number of carbonyl (C=O) groups is 1. The molecule has 0 aliphatic carbocycles. The highest BCUT2D eigenvalue weighted by molar-refractivity contribution is 7.11. The van der Waals surface area contributed by atoms with Crippen LogP contribution in [0.4, 0.5) is 5.00 Å². The zero-order chi connectivity index (χ0) is 18.5. The second-order valence-electron chi connectivity index (χ2n) is 5.52. The summed E-state index contributed by atoms with van der Waals surface area (Å²) in [5.74, 6) is 1.14. The average Bonchev–Trinajstić information content (AvgIpc) is 2.96. The zero-order valence-electron chi connectivity index (χ0n) is 13.8. The SMILES string of the molecule is Cc1nsc(NC(=O)Cc2ccc(Oc3ccc(C#N)cc3)cc2)c1Cl. The lowest BCUT2D eigenvalue weighted by molar-refractivity contribution is -0.115. The van der Waals surface area contributed by atoms with E-state index in [0.717, 1.165) is 5.56 Å². The summed E-state index contributed by atoms with van der Waals surface area (Å²) >= 11 is 7.24. The van der Waals surface area contributed by atoms with Gasteiger partial charge in [-0.1, -0.05) is 23.7 Å². The maximum atomic E-state index is 12.1. The van der Waals surface area contributed by atoms with Crippen LogP contribution in [0.1, 0.15) is 16.8 Å². The third-order valence-electron chi connectivity index (χ3n) is 3.55. The fourth-order valence-electron chi connectivity index (χ4n) is 2.20. The van der Waals surface area contributed by atoms with Gasteiger partial charge in [0.1, 0.15) is 16.5 Å². The Morgan fingerprint density at radius 1 is 1.19 bits per heavy atom. The Morgan fingerprint density at radius 2 is 1.81 bits per heavy atom. The fraction of sp³-hybridized carbons (Fsp3) is 0.105. The first-order valence-corrected chi connectivity index (χ1v) is 8.89. The number of benzene rings is 2. The van der Waals surface area contributed by atoms with Crippen molar-refractivity contribution in [2.45, 2.75) is 13.3 Å². The van der Waals surface area contributed by atoms with Crippen molar-refractivity contribution in [1.29, 1.82) is 5.26 Å². The van der Waals surface area contributed by atoms with Crippen LogP contribution in [-0.2, 0) is 11.2 Å². The van der Waals surface area contributed by atoms with Crippen LogP contribution in [0.25, 0.3) is 0 Å². The number of hydrogen-bond donors (Lipinski definition) is 1. The van der Waals surface area contributed by atoms with Gasteiger partial charge < -0.3 is 10.1 Å². The van der Waals surface area contributed by atoms with E-state index in [4.69, 9.17) is 21.6 Å². The Bertz CT molecular complexity index is 960. The molecule has 0 saturated heterocycles. The molecular formula is C19H14ClN3O2S. The molecule has 26 heavy (non-hydrogen) atoms. The number of nitrogens with one attached hydrogen (secondary N) is 1. The lowest BCUT2D eigenvalue weighted by atomic mass is 10.1. The van der Waals surface area contributed by atoms with Crippen molar-refractivity contribution < 1.29 is 9.53 Å². The third-order valence-corrected chi connectivity index (χ3v) is 4.98. The molecule has 0 saturated carbocycles. The summed E-state index contributed by atoms with van der Waals surface area (Å²) in [5.41, 5.74) is 2.14. The van der Waals surface area contributed by atoms with Crippen LogP contribution in [-0.4, -0.2) is 10.3 Å². The maximum absolute atomic E-state index is 12.1. The first-order valence-electron chi connectivity index (χ1n) is 7.74. The predicted molar refractivity (Wildman–Crippen MR) is 102 cm³/mol. The summed E-state index contributed by atoms with van der Waals surface area (Å²) in [6, 6.07) is 16.2. The molecule has 3 rings (SSSR count). The minimum atomic E-state index is -0.156. The van der Waals surface area contributed by atoms with E-state index in [0.29, 0.717) is 32.8 Å². The van der Waals surface area contributed by atoms with E-state index in [1.54, 1.807) is 43.3 Å². The Kier molecular flexibility index (Phi) is 5.52. The highest BCUT2D eigenvalue weighted by Gasteiger charge is 2.12. The first kappa shape index (κ1) is 17.9. The molecule has 1 aromatic heterocycles. The number of carbonyl (C=O) groups excluding carboxylic acids is 1. The van der Waals surface area contributed by atoms with Crippen molar-refractivity contribution in [2.75, 3.05) is 5.32 Å².